The number of nitrogens with one attached hydrogen (secondary N) is 1. The number of hydrogen-bond acceptors (Lipinski definition) is 2. The molecule has 18 heavy (non-hydrogen) atoms. The van der Waals surface area contributed by atoms with Gasteiger partial charge in [-0.15, -0.1) is 0 Å². The number of carbonyl (C=O) groups excluding carboxylic acids is 1. The summed E-state index contributed by atoms with van der Waals surface area (Å²) in [4.78, 5) is 23.1. The second kappa shape index (κ2) is 6.17. The van der Waals surface area contributed by atoms with E-state index in [4.69, 9.17) is 5.11 Å². The van der Waals surface area contributed by atoms with E-state index < -0.39 is 12.0 Å². The van der Waals surface area contributed by atoms with E-state index in [9.17, 15) is 9.59 Å². The SMILES string of the molecule is Cc1ccc(I)c(C(=O)N[C@@H](C(=O)O)C(C)C)c1. The second-order valence-corrected chi connectivity index (χ2v) is 5.68. The zero-order valence-corrected chi connectivity index (χ0v) is 12.7. The Morgan fingerprint density at radius 2 is 1.94 bits per heavy atom. The van der Waals surface area contributed by atoms with Crippen LogP contribution in [0.5, 0.6) is 0 Å². The number of aryl methyl sites for hydroxylation is 1. The maximum absolute atomic E-state index is 12.1. The molecule has 0 bridgehead atoms. The highest BCUT2D eigenvalue weighted by Crippen LogP contribution is 2.15. The van der Waals surface area contributed by atoms with E-state index in [0.717, 1.165) is 9.13 Å². The fraction of sp³-hybridized carbons (Fsp3) is 0.385. The van der Waals surface area contributed by atoms with Gasteiger partial charge in [0, 0.05) is 3.57 Å². The lowest BCUT2D eigenvalue weighted by atomic mass is 10.0. The Morgan fingerprint density at radius 3 is 2.44 bits per heavy atom. The van der Waals surface area contributed by atoms with Gasteiger partial charge in [0.2, 0.25) is 0 Å². The second-order valence-electron chi connectivity index (χ2n) is 4.52. The molecule has 4 nitrogen and oxygen atoms in total. The van der Waals surface area contributed by atoms with E-state index in [2.05, 4.69) is 27.9 Å². The molecule has 1 rings (SSSR count). The van der Waals surface area contributed by atoms with Crippen LogP contribution < -0.4 is 5.32 Å². The van der Waals surface area contributed by atoms with Crippen molar-refractivity contribution >= 4 is 34.5 Å². The molecule has 2 N–H and O–H groups in total. The number of benzene rings is 1. The van der Waals surface area contributed by atoms with Gasteiger partial charge in [-0.3, -0.25) is 4.79 Å². The molecule has 1 atom stereocenters. The summed E-state index contributed by atoms with van der Waals surface area (Å²) in [5.74, 6) is -1.51. The summed E-state index contributed by atoms with van der Waals surface area (Å²) >= 11 is 2.07. The van der Waals surface area contributed by atoms with Crippen molar-refractivity contribution in [3.63, 3.8) is 0 Å². The van der Waals surface area contributed by atoms with E-state index in [-0.39, 0.29) is 11.8 Å². The van der Waals surface area contributed by atoms with Gasteiger partial charge in [0.05, 0.1) is 5.56 Å². The minimum absolute atomic E-state index is 0.158. The highest BCUT2D eigenvalue weighted by molar-refractivity contribution is 14.1. The predicted molar refractivity (Wildman–Crippen MR) is 77.6 cm³/mol. The molecule has 0 fully saturated rings. The van der Waals surface area contributed by atoms with Crippen molar-refractivity contribution in [2.45, 2.75) is 26.8 Å². The molecule has 1 aromatic carbocycles. The van der Waals surface area contributed by atoms with Crippen molar-refractivity contribution in [3.05, 3.63) is 32.9 Å². The zero-order valence-electron chi connectivity index (χ0n) is 10.5. The van der Waals surface area contributed by atoms with Crippen molar-refractivity contribution in [3.8, 4) is 0 Å². The van der Waals surface area contributed by atoms with Gasteiger partial charge < -0.3 is 10.4 Å². The molecule has 1 amide bonds. The number of amides is 1. The summed E-state index contributed by atoms with van der Waals surface area (Å²) in [6.07, 6.45) is 0. The fourth-order valence-corrected chi connectivity index (χ4v) is 2.13. The van der Waals surface area contributed by atoms with Gasteiger partial charge in [0.1, 0.15) is 6.04 Å². The van der Waals surface area contributed by atoms with Crippen LogP contribution in [0.3, 0.4) is 0 Å². The fourth-order valence-electron chi connectivity index (χ4n) is 1.55. The largest absolute Gasteiger partial charge is 0.480 e. The molecule has 1 aromatic rings. The Kier molecular flexibility index (Phi) is 5.13. The van der Waals surface area contributed by atoms with Crippen LogP contribution in [0.4, 0.5) is 0 Å². The molecular weight excluding hydrogens is 345 g/mol. The summed E-state index contributed by atoms with van der Waals surface area (Å²) in [6, 6.07) is 4.65. The van der Waals surface area contributed by atoms with Crippen molar-refractivity contribution in [1.82, 2.24) is 5.32 Å². The molecule has 98 valence electrons. The quantitative estimate of drug-likeness (QED) is 0.810. The minimum atomic E-state index is -1.01. The van der Waals surface area contributed by atoms with Crippen molar-refractivity contribution in [2.75, 3.05) is 0 Å². The van der Waals surface area contributed by atoms with Crippen LogP contribution in [0.2, 0.25) is 0 Å². The summed E-state index contributed by atoms with van der Waals surface area (Å²) in [7, 11) is 0. The van der Waals surface area contributed by atoms with Crippen LogP contribution in [0.1, 0.15) is 29.8 Å². The normalized spacial score (nSPS) is 12.3. The monoisotopic (exact) mass is 361 g/mol. The van der Waals surface area contributed by atoms with Crippen LogP contribution in [-0.2, 0) is 4.79 Å². The van der Waals surface area contributed by atoms with Crippen molar-refractivity contribution in [2.24, 2.45) is 5.92 Å². The first-order valence-electron chi connectivity index (χ1n) is 5.62. The van der Waals surface area contributed by atoms with Gasteiger partial charge in [0.25, 0.3) is 5.91 Å². The lowest BCUT2D eigenvalue weighted by Gasteiger charge is -2.18. The van der Waals surface area contributed by atoms with Crippen LogP contribution in [0, 0.1) is 16.4 Å². The third-order valence-electron chi connectivity index (χ3n) is 2.59. The standard InChI is InChI=1S/C13H16INO3/c1-7(2)11(13(17)18)15-12(16)9-6-8(3)4-5-10(9)14/h4-7,11H,1-3H3,(H,15,16)(H,17,18)/t11-/m1/s1. The number of carbonyl (C=O) groups is 2. The summed E-state index contributed by atoms with van der Waals surface area (Å²) < 4.78 is 0.809. The molecule has 0 aliphatic rings. The molecule has 0 radical (unpaired) electrons. The number of halogens is 1. The van der Waals surface area contributed by atoms with Crippen LogP contribution >= 0.6 is 22.6 Å². The van der Waals surface area contributed by atoms with E-state index in [1.54, 1.807) is 19.9 Å². The number of aliphatic carboxylic acids is 1. The van der Waals surface area contributed by atoms with E-state index in [1.165, 1.54) is 0 Å². The molecule has 0 spiro atoms. The molecule has 0 saturated carbocycles. The Morgan fingerprint density at radius 1 is 1.33 bits per heavy atom. The molecule has 5 heteroatoms. The maximum Gasteiger partial charge on any atom is 0.326 e. The van der Waals surface area contributed by atoms with E-state index in [1.807, 2.05) is 19.1 Å². The van der Waals surface area contributed by atoms with E-state index in [0.29, 0.717) is 5.56 Å². The first-order valence-corrected chi connectivity index (χ1v) is 6.70. The third-order valence-corrected chi connectivity index (χ3v) is 3.53. The van der Waals surface area contributed by atoms with Crippen LogP contribution in [-0.4, -0.2) is 23.0 Å². The maximum atomic E-state index is 12.1. The Bertz CT molecular complexity index is 471. The highest BCUT2D eigenvalue weighted by atomic mass is 127. The lowest BCUT2D eigenvalue weighted by molar-refractivity contribution is -0.140. The van der Waals surface area contributed by atoms with Gasteiger partial charge >= 0.3 is 5.97 Å². The number of rotatable bonds is 4. The van der Waals surface area contributed by atoms with Crippen molar-refractivity contribution in [1.29, 1.82) is 0 Å². The van der Waals surface area contributed by atoms with Gasteiger partial charge in [-0.25, -0.2) is 4.79 Å². The van der Waals surface area contributed by atoms with Gasteiger partial charge in [-0.2, -0.15) is 0 Å². The lowest BCUT2D eigenvalue weighted by Crippen LogP contribution is -2.44. The zero-order chi connectivity index (χ0) is 13.9. The number of carboxylic acids is 1. The van der Waals surface area contributed by atoms with Crippen molar-refractivity contribution < 1.29 is 14.7 Å². The first-order chi connectivity index (χ1) is 8.32. The van der Waals surface area contributed by atoms with Gasteiger partial charge in [0.15, 0.2) is 0 Å². The average Bonchev–Trinajstić information content (AvgIpc) is 2.28. The molecule has 0 aromatic heterocycles. The van der Waals surface area contributed by atoms with Crippen LogP contribution in [0.15, 0.2) is 18.2 Å². The summed E-state index contributed by atoms with van der Waals surface area (Å²) in [5, 5.41) is 11.6. The number of hydrogen-bond donors (Lipinski definition) is 2. The molecular formula is C13H16INO3. The summed E-state index contributed by atoms with van der Waals surface area (Å²) in [6.45, 7) is 5.42. The van der Waals surface area contributed by atoms with Crippen LogP contribution in [0.25, 0.3) is 0 Å². The van der Waals surface area contributed by atoms with E-state index >= 15 is 0 Å². The Hall–Kier alpha value is -1.11. The minimum Gasteiger partial charge on any atom is -0.480 e. The third kappa shape index (κ3) is 3.69. The molecule has 0 aliphatic heterocycles. The van der Waals surface area contributed by atoms with Gasteiger partial charge in [-0.05, 0) is 47.6 Å². The predicted octanol–water partition coefficient (Wildman–Crippen LogP) is 2.44. The number of carboxylic acid groups (broad SMARTS) is 1. The summed E-state index contributed by atoms with van der Waals surface area (Å²) in [5.41, 5.74) is 1.49. The smallest absolute Gasteiger partial charge is 0.326 e. The average molecular weight is 361 g/mol. The molecule has 0 aliphatic carbocycles. The topological polar surface area (TPSA) is 66.4 Å². The Balaban J connectivity index is 2.94. The molecule has 0 saturated heterocycles. The van der Waals surface area contributed by atoms with Gasteiger partial charge in [-0.1, -0.05) is 25.5 Å². The highest BCUT2D eigenvalue weighted by Gasteiger charge is 2.24. The first kappa shape index (κ1) is 14.9. The molecule has 0 unspecified atom stereocenters. The molecule has 0 heterocycles. The Labute approximate surface area is 120 Å².